The van der Waals surface area contributed by atoms with Gasteiger partial charge in [-0.3, -0.25) is 9.59 Å². The number of methoxy groups -OCH3 is 1. The normalized spacial score (nSPS) is 10.8. The third-order valence-electron chi connectivity index (χ3n) is 4.09. The second-order valence-electron chi connectivity index (χ2n) is 6.42. The molecule has 0 aliphatic heterocycles. The molecule has 0 radical (unpaired) electrons. The summed E-state index contributed by atoms with van der Waals surface area (Å²) in [7, 11) is 1.56. The molecule has 0 bridgehead atoms. The molecule has 2 aromatic carbocycles. The van der Waals surface area contributed by atoms with Gasteiger partial charge in [0.05, 0.1) is 19.1 Å². The number of amides is 1. The van der Waals surface area contributed by atoms with Gasteiger partial charge in [0.25, 0.3) is 5.91 Å². The number of ether oxygens (including phenoxy) is 3. The first-order valence-corrected chi connectivity index (χ1v) is 8.70. The predicted octanol–water partition coefficient (Wildman–Crippen LogP) is 2.71. The molecule has 0 aromatic heterocycles. The Bertz CT molecular complexity index is 758. The van der Waals surface area contributed by atoms with Crippen LogP contribution in [0.3, 0.4) is 0 Å². The van der Waals surface area contributed by atoms with Gasteiger partial charge in [0.2, 0.25) is 0 Å². The topological polar surface area (TPSA) is 73.9 Å². The quantitative estimate of drug-likeness (QED) is 0.542. The zero-order valence-electron chi connectivity index (χ0n) is 15.9. The lowest BCUT2D eigenvalue weighted by Gasteiger charge is -2.22. The van der Waals surface area contributed by atoms with Gasteiger partial charge in [-0.05, 0) is 31.5 Å². The smallest absolute Gasteiger partial charge is 0.316 e. The molecule has 6 nitrogen and oxygen atoms in total. The molecule has 0 aliphatic rings. The summed E-state index contributed by atoms with van der Waals surface area (Å²) >= 11 is 0. The van der Waals surface area contributed by atoms with E-state index in [-0.39, 0.29) is 25.7 Å². The fourth-order valence-corrected chi connectivity index (χ4v) is 2.42. The van der Waals surface area contributed by atoms with Gasteiger partial charge in [-0.25, -0.2) is 0 Å². The molecule has 0 heterocycles. The van der Waals surface area contributed by atoms with Crippen molar-refractivity contribution >= 4 is 11.9 Å². The minimum atomic E-state index is -0.825. The van der Waals surface area contributed by atoms with Crippen LogP contribution in [0.4, 0.5) is 0 Å². The summed E-state index contributed by atoms with van der Waals surface area (Å²) in [6, 6.07) is 16.6. The molecule has 0 unspecified atom stereocenters. The van der Waals surface area contributed by atoms with Crippen LogP contribution in [0.1, 0.15) is 19.4 Å². The van der Waals surface area contributed by atoms with Gasteiger partial charge >= 0.3 is 5.97 Å². The SMILES string of the molecule is COc1ccccc1OCCNC(=O)COC(=O)C(C)(C)c1ccccc1. The van der Waals surface area contributed by atoms with Crippen molar-refractivity contribution in [2.24, 2.45) is 0 Å². The molecule has 0 saturated heterocycles. The second-order valence-corrected chi connectivity index (χ2v) is 6.42. The van der Waals surface area contributed by atoms with Crippen molar-refractivity contribution in [3.8, 4) is 11.5 Å². The highest BCUT2D eigenvalue weighted by Crippen LogP contribution is 2.25. The molecule has 2 aromatic rings. The number of benzene rings is 2. The number of carbonyl (C=O) groups is 2. The predicted molar refractivity (Wildman–Crippen MR) is 102 cm³/mol. The Hall–Kier alpha value is -3.02. The van der Waals surface area contributed by atoms with Crippen LogP contribution >= 0.6 is 0 Å². The Kier molecular flexibility index (Phi) is 7.23. The fraction of sp³-hybridized carbons (Fsp3) is 0.333. The minimum absolute atomic E-state index is 0.273. The zero-order valence-corrected chi connectivity index (χ0v) is 15.9. The molecule has 2 rings (SSSR count). The van der Waals surface area contributed by atoms with Crippen LogP contribution in [-0.2, 0) is 19.7 Å². The van der Waals surface area contributed by atoms with Gasteiger partial charge < -0.3 is 19.5 Å². The van der Waals surface area contributed by atoms with E-state index in [1.807, 2.05) is 42.5 Å². The summed E-state index contributed by atoms with van der Waals surface area (Å²) in [5.41, 5.74) is 0.00902. The molecule has 0 spiro atoms. The summed E-state index contributed by atoms with van der Waals surface area (Å²) < 4.78 is 15.9. The van der Waals surface area contributed by atoms with Gasteiger partial charge in [0, 0.05) is 0 Å². The van der Waals surface area contributed by atoms with Crippen LogP contribution in [0.25, 0.3) is 0 Å². The van der Waals surface area contributed by atoms with Gasteiger partial charge in [0.15, 0.2) is 18.1 Å². The monoisotopic (exact) mass is 371 g/mol. The van der Waals surface area contributed by atoms with Crippen molar-refractivity contribution in [3.05, 3.63) is 60.2 Å². The number of hydrogen-bond acceptors (Lipinski definition) is 5. The first-order chi connectivity index (χ1) is 12.9. The van der Waals surface area contributed by atoms with E-state index in [1.165, 1.54) is 0 Å². The van der Waals surface area contributed by atoms with Crippen LogP contribution in [0, 0.1) is 0 Å². The number of carbonyl (C=O) groups excluding carboxylic acids is 2. The Morgan fingerprint density at radius 1 is 0.963 bits per heavy atom. The summed E-state index contributed by atoms with van der Waals surface area (Å²) in [5, 5.41) is 2.65. The third-order valence-corrected chi connectivity index (χ3v) is 4.09. The summed E-state index contributed by atoms with van der Waals surface area (Å²) in [5.74, 6) is 0.399. The minimum Gasteiger partial charge on any atom is -0.493 e. The lowest BCUT2D eigenvalue weighted by atomic mass is 9.85. The number of nitrogens with one attached hydrogen (secondary N) is 1. The number of hydrogen-bond donors (Lipinski definition) is 1. The van der Waals surface area contributed by atoms with Crippen LogP contribution in [-0.4, -0.2) is 38.7 Å². The van der Waals surface area contributed by atoms with E-state index in [1.54, 1.807) is 33.1 Å². The van der Waals surface area contributed by atoms with Gasteiger partial charge in [-0.15, -0.1) is 0 Å². The van der Waals surface area contributed by atoms with E-state index in [0.29, 0.717) is 11.5 Å². The van der Waals surface area contributed by atoms with Crippen LogP contribution in [0.15, 0.2) is 54.6 Å². The van der Waals surface area contributed by atoms with Crippen LogP contribution < -0.4 is 14.8 Å². The van der Waals surface area contributed by atoms with Gasteiger partial charge in [-0.1, -0.05) is 42.5 Å². The fourth-order valence-electron chi connectivity index (χ4n) is 2.42. The lowest BCUT2D eigenvalue weighted by molar-refractivity contribution is -0.153. The molecule has 1 amide bonds. The standard InChI is InChI=1S/C21H25NO5/c1-21(2,16-9-5-4-6-10-16)20(24)27-15-19(23)22-13-14-26-18-12-8-7-11-17(18)25-3/h4-12H,13-15H2,1-3H3,(H,22,23). The molecule has 0 aliphatic carbocycles. The Morgan fingerprint density at radius 2 is 1.59 bits per heavy atom. The van der Waals surface area contributed by atoms with E-state index in [4.69, 9.17) is 14.2 Å². The van der Waals surface area contributed by atoms with Gasteiger partial charge in [-0.2, -0.15) is 0 Å². The first kappa shape index (κ1) is 20.3. The molecular formula is C21H25NO5. The molecule has 6 heteroatoms. The summed E-state index contributed by atoms with van der Waals surface area (Å²) in [4.78, 5) is 24.2. The van der Waals surface area contributed by atoms with Crippen molar-refractivity contribution in [3.63, 3.8) is 0 Å². The van der Waals surface area contributed by atoms with Crippen molar-refractivity contribution in [1.82, 2.24) is 5.32 Å². The maximum Gasteiger partial charge on any atom is 0.316 e. The average Bonchev–Trinajstić information content (AvgIpc) is 2.70. The van der Waals surface area contributed by atoms with Crippen molar-refractivity contribution < 1.29 is 23.8 Å². The Labute approximate surface area is 159 Å². The number of esters is 1. The number of rotatable bonds is 9. The molecule has 144 valence electrons. The van der Waals surface area contributed by atoms with Crippen LogP contribution in [0.5, 0.6) is 11.5 Å². The van der Waals surface area contributed by atoms with E-state index in [0.717, 1.165) is 5.56 Å². The second kappa shape index (κ2) is 9.62. The van der Waals surface area contributed by atoms with E-state index in [2.05, 4.69) is 5.32 Å². The molecule has 0 saturated carbocycles. The number of para-hydroxylation sites is 2. The van der Waals surface area contributed by atoms with Crippen molar-refractivity contribution in [1.29, 1.82) is 0 Å². The highest BCUT2D eigenvalue weighted by molar-refractivity contribution is 5.85. The molecule has 27 heavy (non-hydrogen) atoms. The third kappa shape index (κ3) is 5.74. The Balaban J connectivity index is 1.72. The first-order valence-electron chi connectivity index (χ1n) is 8.70. The highest BCUT2D eigenvalue weighted by Gasteiger charge is 2.31. The van der Waals surface area contributed by atoms with E-state index >= 15 is 0 Å². The van der Waals surface area contributed by atoms with Gasteiger partial charge in [0.1, 0.15) is 6.61 Å². The maximum atomic E-state index is 12.3. The molecular weight excluding hydrogens is 346 g/mol. The summed E-state index contributed by atoms with van der Waals surface area (Å²) in [6.07, 6.45) is 0. The van der Waals surface area contributed by atoms with Crippen molar-refractivity contribution in [2.45, 2.75) is 19.3 Å². The highest BCUT2D eigenvalue weighted by atomic mass is 16.5. The average molecular weight is 371 g/mol. The zero-order chi connectivity index (χ0) is 19.7. The van der Waals surface area contributed by atoms with E-state index in [9.17, 15) is 9.59 Å². The molecule has 0 atom stereocenters. The molecule has 0 fully saturated rings. The van der Waals surface area contributed by atoms with Crippen LogP contribution in [0.2, 0.25) is 0 Å². The largest absolute Gasteiger partial charge is 0.493 e. The maximum absolute atomic E-state index is 12.3. The van der Waals surface area contributed by atoms with Crippen molar-refractivity contribution in [2.75, 3.05) is 26.9 Å². The lowest BCUT2D eigenvalue weighted by Crippen LogP contribution is -2.36. The summed E-state index contributed by atoms with van der Waals surface area (Å²) in [6.45, 7) is 3.77. The van der Waals surface area contributed by atoms with E-state index < -0.39 is 11.4 Å². The Morgan fingerprint density at radius 3 is 2.26 bits per heavy atom. The molecule has 1 N–H and O–H groups in total.